The van der Waals surface area contributed by atoms with E-state index >= 15 is 0 Å². The lowest BCUT2D eigenvalue weighted by atomic mass is 10.2. The van der Waals surface area contributed by atoms with E-state index in [1.807, 2.05) is 41.3 Å². The molecule has 1 atom stereocenters. The molecule has 4 rings (SSSR count). The summed E-state index contributed by atoms with van der Waals surface area (Å²) in [7, 11) is 0. The number of thiophene rings is 1. The second kappa shape index (κ2) is 8.01. The normalized spacial score (nSPS) is 16.9. The maximum atomic E-state index is 12.7. The van der Waals surface area contributed by atoms with Gasteiger partial charge in [0.2, 0.25) is 11.1 Å². The van der Waals surface area contributed by atoms with Crippen molar-refractivity contribution in [2.24, 2.45) is 0 Å². The van der Waals surface area contributed by atoms with Gasteiger partial charge >= 0.3 is 0 Å². The first kappa shape index (κ1) is 17.2. The number of benzene rings is 1. The van der Waals surface area contributed by atoms with Crippen molar-refractivity contribution >= 4 is 29.0 Å². The summed E-state index contributed by atoms with van der Waals surface area (Å²) in [4.78, 5) is 16.0. The van der Waals surface area contributed by atoms with Gasteiger partial charge in [-0.2, -0.15) is 0 Å². The van der Waals surface area contributed by atoms with E-state index in [1.165, 1.54) is 16.6 Å². The quantitative estimate of drug-likeness (QED) is 0.610. The summed E-state index contributed by atoms with van der Waals surface area (Å²) in [5.41, 5.74) is 1.13. The SMILES string of the molecule is O=C(CSc1nnnn1Cc1ccccc1)N1CCCC1c1cccs1. The molecule has 0 saturated carbocycles. The first-order valence-corrected chi connectivity index (χ1v) is 10.4. The number of hydrogen-bond acceptors (Lipinski definition) is 6. The average molecular weight is 386 g/mol. The van der Waals surface area contributed by atoms with Gasteiger partial charge in [0.25, 0.3) is 0 Å². The minimum atomic E-state index is 0.153. The number of carbonyl (C=O) groups excluding carboxylic acids is 1. The first-order chi connectivity index (χ1) is 12.8. The number of likely N-dealkylation sites (tertiary alicyclic amines) is 1. The van der Waals surface area contributed by atoms with Crippen LogP contribution in [0.2, 0.25) is 0 Å². The third kappa shape index (κ3) is 3.81. The summed E-state index contributed by atoms with van der Waals surface area (Å²) in [6.07, 6.45) is 2.10. The van der Waals surface area contributed by atoms with Gasteiger partial charge in [0, 0.05) is 11.4 Å². The molecule has 134 valence electrons. The molecule has 1 unspecified atom stereocenters. The van der Waals surface area contributed by atoms with E-state index in [1.54, 1.807) is 16.0 Å². The molecule has 26 heavy (non-hydrogen) atoms. The van der Waals surface area contributed by atoms with E-state index in [4.69, 9.17) is 0 Å². The molecular weight excluding hydrogens is 366 g/mol. The smallest absolute Gasteiger partial charge is 0.233 e. The number of hydrogen-bond donors (Lipinski definition) is 0. The Morgan fingerprint density at radius 2 is 2.12 bits per heavy atom. The molecule has 0 bridgehead atoms. The second-order valence-corrected chi connectivity index (χ2v) is 8.08. The number of carbonyl (C=O) groups is 1. The number of aromatic nitrogens is 4. The number of thioether (sulfide) groups is 1. The number of rotatable bonds is 6. The summed E-state index contributed by atoms with van der Waals surface area (Å²) >= 11 is 3.13. The Morgan fingerprint density at radius 1 is 1.23 bits per heavy atom. The molecule has 1 aliphatic heterocycles. The van der Waals surface area contributed by atoms with Crippen LogP contribution in [0.4, 0.5) is 0 Å². The molecule has 8 heteroatoms. The van der Waals surface area contributed by atoms with Crippen molar-refractivity contribution in [2.45, 2.75) is 30.6 Å². The van der Waals surface area contributed by atoms with Crippen LogP contribution in [0, 0.1) is 0 Å². The van der Waals surface area contributed by atoms with Crippen LogP contribution in [0.3, 0.4) is 0 Å². The molecule has 0 aliphatic carbocycles. The second-order valence-electron chi connectivity index (χ2n) is 6.15. The van der Waals surface area contributed by atoms with Crippen molar-refractivity contribution in [3.63, 3.8) is 0 Å². The molecule has 6 nitrogen and oxygen atoms in total. The zero-order chi connectivity index (χ0) is 17.8. The van der Waals surface area contributed by atoms with Crippen LogP contribution in [0.1, 0.15) is 29.3 Å². The van der Waals surface area contributed by atoms with Crippen molar-refractivity contribution in [2.75, 3.05) is 12.3 Å². The molecule has 1 aromatic carbocycles. The van der Waals surface area contributed by atoms with Gasteiger partial charge in [0.05, 0.1) is 18.3 Å². The van der Waals surface area contributed by atoms with E-state index in [0.717, 1.165) is 24.9 Å². The van der Waals surface area contributed by atoms with E-state index in [-0.39, 0.29) is 11.9 Å². The van der Waals surface area contributed by atoms with Gasteiger partial charge in [-0.25, -0.2) is 4.68 Å². The van der Waals surface area contributed by atoms with Crippen LogP contribution in [-0.2, 0) is 11.3 Å². The van der Waals surface area contributed by atoms with Gasteiger partial charge in [-0.15, -0.1) is 16.4 Å². The van der Waals surface area contributed by atoms with Crippen molar-refractivity contribution in [3.8, 4) is 0 Å². The highest BCUT2D eigenvalue weighted by atomic mass is 32.2. The fourth-order valence-electron chi connectivity index (χ4n) is 3.21. The molecule has 1 saturated heterocycles. The molecule has 3 aromatic rings. The van der Waals surface area contributed by atoms with E-state index in [0.29, 0.717) is 17.5 Å². The average Bonchev–Trinajstić information content (AvgIpc) is 3.41. The van der Waals surface area contributed by atoms with E-state index in [9.17, 15) is 4.79 Å². The Bertz CT molecular complexity index is 850. The van der Waals surface area contributed by atoms with Crippen molar-refractivity contribution in [1.29, 1.82) is 0 Å². The van der Waals surface area contributed by atoms with Crippen LogP contribution in [0.25, 0.3) is 0 Å². The molecule has 0 radical (unpaired) electrons. The number of tetrazole rings is 1. The van der Waals surface area contributed by atoms with Crippen molar-refractivity contribution < 1.29 is 4.79 Å². The zero-order valence-corrected chi connectivity index (χ0v) is 15.8. The topological polar surface area (TPSA) is 63.9 Å². The number of nitrogens with zero attached hydrogens (tertiary/aromatic N) is 5. The Balaban J connectivity index is 1.38. The highest BCUT2D eigenvalue weighted by molar-refractivity contribution is 7.99. The molecule has 2 aromatic heterocycles. The zero-order valence-electron chi connectivity index (χ0n) is 14.2. The molecule has 0 spiro atoms. The van der Waals surface area contributed by atoms with Gasteiger partial charge in [0.1, 0.15) is 0 Å². The predicted octanol–water partition coefficient (Wildman–Crippen LogP) is 3.24. The fraction of sp³-hybridized carbons (Fsp3) is 0.333. The lowest BCUT2D eigenvalue weighted by molar-refractivity contribution is -0.129. The first-order valence-electron chi connectivity index (χ1n) is 8.57. The Kier molecular flexibility index (Phi) is 5.31. The van der Waals surface area contributed by atoms with E-state index < -0.39 is 0 Å². The van der Waals surface area contributed by atoms with Crippen LogP contribution in [0.5, 0.6) is 0 Å². The third-order valence-electron chi connectivity index (χ3n) is 4.44. The van der Waals surface area contributed by atoms with Crippen LogP contribution in [-0.4, -0.2) is 43.3 Å². The van der Waals surface area contributed by atoms with Crippen LogP contribution in [0.15, 0.2) is 53.0 Å². The van der Waals surface area contributed by atoms with E-state index in [2.05, 4.69) is 27.0 Å². The molecule has 0 N–H and O–H groups in total. The molecular formula is C18H19N5OS2. The Hall–Kier alpha value is -2.19. The molecule has 3 heterocycles. The molecule has 1 aliphatic rings. The molecule has 1 amide bonds. The van der Waals surface area contributed by atoms with Gasteiger partial charge in [-0.05, 0) is 40.3 Å². The van der Waals surface area contributed by atoms with Gasteiger partial charge in [-0.1, -0.05) is 48.2 Å². The van der Waals surface area contributed by atoms with Crippen molar-refractivity contribution in [3.05, 3.63) is 58.3 Å². The van der Waals surface area contributed by atoms with Gasteiger partial charge in [-0.3, -0.25) is 4.79 Å². The minimum absolute atomic E-state index is 0.153. The molecule has 1 fully saturated rings. The van der Waals surface area contributed by atoms with Crippen LogP contribution >= 0.6 is 23.1 Å². The Morgan fingerprint density at radius 3 is 2.92 bits per heavy atom. The Labute approximate surface area is 160 Å². The summed E-state index contributed by atoms with van der Waals surface area (Å²) in [5, 5.41) is 14.6. The summed E-state index contributed by atoms with van der Waals surface area (Å²) < 4.78 is 1.74. The standard InChI is InChI=1S/C18H19N5OS2/c24-17(22-10-4-8-15(22)16-9-5-11-25-16)13-26-18-19-20-21-23(18)12-14-6-2-1-3-7-14/h1-3,5-7,9,11,15H,4,8,10,12-13H2. The lowest BCUT2D eigenvalue weighted by Gasteiger charge is -2.23. The van der Waals surface area contributed by atoms with Crippen molar-refractivity contribution in [1.82, 2.24) is 25.1 Å². The largest absolute Gasteiger partial charge is 0.334 e. The van der Waals surface area contributed by atoms with Crippen LogP contribution < -0.4 is 0 Å². The lowest BCUT2D eigenvalue weighted by Crippen LogP contribution is -2.31. The minimum Gasteiger partial charge on any atom is -0.334 e. The summed E-state index contributed by atoms with van der Waals surface area (Å²) in [6, 6.07) is 14.4. The van der Waals surface area contributed by atoms with Gasteiger partial charge in [0.15, 0.2) is 0 Å². The third-order valence-corrected chi connectivity index (χ3v) is 6.36. The maximum absolute atomic E-state index is 12.7. The summed E-state index contributed by atoms with van der Waals surface area (Å²) in [6.45, 7) is 1.43. The fourth-order valence-corrected chi connectivity index (χ4v) is 4.84. The van der Waals surface area contributed by atoms with Gasteiger partial charge < -0.3 is 4.90 Å². The maximum Gasteiger partial charge on any atom is 0.233 e. The summed E-state index contributed by atoms with van der Waals surface area (Å²) in [5.74, 6) is 0.511. The predicted molar refractivity (Wildman–Crippen MR) is 102 cm³/mol. The highest BCUT2D eigenvalue weighted by Gasteiger charge is 2.30. The highest BCUT2D eigenvalue weighted by Crippen LogP contribution is 2.35. The monoisotopic (exact) mass is 385 g/mol. The number of amides is 1.